The van der Waals surface area contributed by atoms with E-state index >= 15 is 0 Å². The summed E-state index contributed by atoms with van der Waals surface area (Å²) in [6.45, 7) is 2.05. The van der Waals surface area contributed by atoms with E-state index in [0.717, 1.165) is 24.9 Å². The zero-order valence-electron chi connectivity index (χ0n) is 11.6. The summed E-state index contributed by atoms with van der Waals surface area (Å²) in [5.41, 5.74) is 3.26. The van der Waals surface area contributed by atoms with Crippen LogP contribution in [-0.2, 0) is 7.05 Å². The Hall–Kier alpha value is -1.11. The maximum absolute atomic E-state index is 12.1. The molecular formula is C15H13BrN2OS2. The molecule has 0 N–H and O–H groups in total. The molecule has 21 heavy (non-hydrogen) atoms. The van der Waals surface area contributed by atoms with Crippen LogP contribution in [0.3, 0.4) is 0 Å². The monoisotopic (exact) mass is 380 g/mol. The van der Waals surface area contributed by atoms with Crippen LogP contribution in [0.15, 0.2) is 39.3 Å². The molecule has 0 aliphatic heterocycles. The molecule has 0 fully saturated rings. The van der Waals surface area contributed by atoms with Crippen molar-refractivity contribution >= 4 is 55.8 Å². The molecule has 6 heteroatoms. The smallest absolute Gasteiger partial charge is 0.183 e. The van der Waals surface area contributed by atoms with Gasteiger partial charge in [-0.2, -0.15) is 0 Å². The van der Waals surface area contributed by atoms with Gasteiger partial charge in [-0.15, -0.1) is 11.3 Å². The van der Waals surface area contributed by atoms with Gasteiger partial charge in [-0.25, -0.2) is 4.98 Å². The van der Waals surface area contributed by atoms with E-state index in [2.05, 4.69) is 46.0 Å². The summed E-state index contributed by atoms with van der Waals surface area (Å²) >= 11 is 6.33. The normalized spacial score (nSPS) is 11.2. The van der Waals surface area contributed by atoms with Crippen LogP contribution in [0.5, 0.6) is 0 Å². The van der Waals surface area contributed by atoms with Crippen molar-refractivity contribution in [3.8, 4) is 0 Å². The number of hydrogen-bond acceptors (Lipinski definition) is 4. The number of hydrogen-bond donors (Lipinski definition) is 0. The van der Waals surface area contributed by atoms with Crippen LogP contribution in [-0.4, -0.2) is 21.1 Å². The van der Waals surface area contributed by atoms with Crippen molar-refractivity contribution in [2.45, 2.75) is 12.1 Å². The number of fused-ring (bicyclic) bond motifs is 1. The molecular weight excluding hydrogens is 368 g/mol. The summed E-state index contributed by atoms with van der Waals surface area (Å²) in [5, 5.41) is 0.875. The number of Topliss-reactive ketones (excluding diaryl/α,β-unsaturated/α-hetero) is 1. The molecule has 0 aliphatic rings. The lowest BCUT2D eigenvalue weighted by Crippen LogP contribution is -2.01. The third-order valence-electron chi connectivity index (χ3n) is 3.18. The molecule has 2 aromatic heterocycles. The van der Waals surface area contributed by atoms with Gasteiger partial charge in [0.1, 0.15) is 0 Å². The molecule has 0 radical (unpaired) electrons. The number of aromatic nitrogens is 2. The van der Waals surface area contributed by atoms with Crippen molar-refractivity contribution in [1.82, 2.24) is 9.55 Å². The lowest BCUT2D eigenvalue weighted by Gasteiger charge is -2.01. The van der Waals surface area contributed by atoms with Crippen LogP contribution in [0, 0.1) is 6.92 Å². The summed E-state index contributed by atoms with van der Waals surface area (Å²) in [6, 6.07) is 9.97. The summed E-state index contributed by atoms with van der Waals surface area (Å²) in [4.78, 5) is 17.5. The van der Waals surface area contributed by atoms with E-state index in [-0.39, 0.29) is 5.78 Å². The van der Waals surface area contributed by atoms with E-state index in [1.165, 1.54) is 28.7 Å². The van der Waals surface area contributed by atoms with Crippen LogP contribution in [0.1, 0.15) is 15.2 Å². The highest BCUT2D eigenvalue weighted by Gasteiger charge is 2.13. The summed E-state index contributed by atoms with van der Waals surface area (Å²) in [5.74, 6) is 0.544. The van der Waals surface area contributed by atoms with Gasteiger partial charge in [0.2, 0.25) is 0 Å². The molecule has 0 saturated heterocycles. The summed E-state index contributed by atoms with van der Waals surface area (Å²) in [7, 11) is 1.99. The first-order chi connectivity index (χ1) is 10.0. The topological polar surface area (TPSA) is 34.9 Å². The van der Waals surface area contributed by atoms with Crippen molar-refractivity contribution in [2.24, 2.45) is 7.05 Å². The minimum atomic E-state index is 0.138. The zero-order valence-corrected chi connectivity index (χ0v) is 14.8. The van der Waals surface area contributed by atoms with E-state index in [1.807, 2.05) is 23.7 Å². The Morgan fingerprint density at radius 3 is 2.90 bits per heavy atom. The number of thiophene rings is 1. The number of rotatable bonds is 4. The van der Waals surface area contributed by atoms with Crippen LogP contribution < -0.4 is 0 Å². The summed E-state index contributed by atoms with van der Waals surface area (Å²) in [6.07, 6.45) is 0. The van der Waals surface area contributed by atoms with Crippen LogP contribution >= 0.6 is 39.0 Å². The second-order valence-corrected chi connectivity index (χ2v) is 8.17. The van der Waals surface area contributed by atoms with Crippen LogP contribution in [0.2, 0.25) is 0 Å². The van der Waals surface area contributed by atoms with Crippen LogP contribution in [0.4, 0.5) is 0 Å². The van der Waals surface area contributed by atoms with E-state index in [1.54, 1.807) is 0 Å². The molecule has 0 saturated carbocycles. The Balaban J connectivity index is 1.79. The fourth-order valence-electron chi connectivity index (χ4n) is 2.08. The van der Waals surface area contributed by atoms with Gasteiger partial charge < -0.3 is 4.57 Å². The number of thioether (sulfide) groups is 1. The van der Waals surface area contributed by atoms with Gasteiger partial charge >= 0.3 is 0 Å². The molecule has 0 amide bonds. The molecule has 3 rings (SSSR count). The van der Waals surface area contributed by atoms with Crippen molar-refractivity contribution in [2.75, 3.05) is 5.75 Å². The largest absolute Gasteiger partial charge is 0.322 e. The number of aryl methyl sites for hydroxylation is 2. The summed E-state index contributed by atoms with van der Waals surface area (Å²) < 4.78 is 3.02. The SMILES string of the molecule is Cc1ccc2c(c1)nc(SCC(=O)c1ccc(Br)s1)n2C. The van der Waals surface area contributed by atoms with E-state index in [9.17, 15) is 4.79 Å². The molecule has 2 heterocycles. The Bertz CT molecular complexity index is 822. The third-order valence-corrected chi connectivity index (χ3v) is 5.87. The average molecular weight is 381 g/mol. The van der Waals surface area contributed by atoms with E-state index in [4.69, 9.17) is 0 Å². The van der Waals surface area contributed by atoms with Gasteiger partial charge in [-0.1, -0.05) is 17.8 Å². The number of nitrogens with zero attached hydrogens (tertiary/aromatic N) is 2. The maximum Gasteiger partial charge on any atom is 0.183 e. The van der Waals surface area contributed by atoms with Crippen molar-refractivity contribution in [1.29, 1.82) is 0 Å². The highest BCUT2D eigenvalue weighted by atomic mass is 79.9. The molecule has 0 spiro atoms. The molecule has 108 valence electrons. The van der Waals surface area contributed by atoms with E-state index in [0.29, 0.717) is 5.75 Å². The minimum absolute atomic E-state index is 0.138. The van der Waals surface area contributed by atoms with Crippen LogP contribution in [0.25, 0.3) is 11.0 Å². The Labute approximate surface area is 139 Å². The third kappa shape index (κ3) is 3.07. The Kier molecular flexibility index (Phi) is 4.19. The first kappa shape index (κ1) is 14.8. The average Bonchev–Trinajstić information content (AvgIpc) is 3.01. The predicted octanol–water partition coefficient (Wildman–Crippen LogP) is 4.68. The maximum atomic E-state index is 12.1. The highest BCUT2D eigenvalue weighted by Crippen LogP contribution is 2.27. The zero-order chi connectivity index (χ0) is 15.0. The Morgan fingerprint density at radius 2 is 2.19 bits per heavy atom. The fourth-order valence-corrected chi connectivity index (χ4v) is 4.37. The van der Waals surface area contributed by atoms with Crippen molar-refractivity contribution in [3.63, 3.8) is 0 Å². The number of ketones is 1. The number of benzene rings is 1. The lowest BCUT2D eigenvalue weighted by atomic mass is 10.2. The lowest BCUT2D eigenvalue weighted by molar-refractivity contribution is 0.102. The first-order valence-corrected chi connectivity index (χ1v) is 8.98. The second-order valence-electron chi connectivity index (χ2n) is 4.76. The van der Waals surface area contributed by atoms with Gasteiger partial charge in [0.15, 0.2) is 10.9 Å². The van der Waals surface area contributed by atoms with Gasteiger partial charge in [-0.05, 0) is 52.7 Å². The van der Waals surface area contributed by atoms with Crippen molar-refractivity contribution in [3.05, 3.63) is 44.6 Å². The predicted molar refractivity (Wildman–Crippen MR) is 92.5 cm³/mol. The number of carbonyl (C=O) groups is 1. The van der Waals surface area contributed by atoms with Gasteiger partial charge in [0, 0.05) is 7.05 Å². The quantitative estimate of drug-likeness (QED) is 0.486. The standard InChI is InChI=1S/C15H13BrN2OS2/c1-9-3-4-11-10(7-9)17-15(18(11)2)20-8-12(19)13-5-6-14(16)21-13/h3-7H,8H2,1-2H3. The highest BCUT2D eigenvalue weighted by molar-refractivity contribution is 9.11. The Morgan fingerprint density at radius 1 is 1.38 bits per heavy atom. The fraction of sp³-hybridized carbons (Fsp3) is 0.200. The molecule has 3 nitrogen and oxygen atoms in total. The molecule has 1 aromatic carbocycles. The first-order valence-electron chi connectivity index (χ1n) is 6.39. The van der Waals surface area contributed by atoms with Gasteiger partial charge in [0.25, 0.3) is 0 Å². The molecule has 0 bridgehead atoms. The van der Waals surface area contributed by atoms with Gasteiger partial charge in [-0.3, -0.25) is 4.79 Å². The molecule has 0 unspecified atom stereocenters. The molecule has 0 atom stereocenters. The number of carbonyl (C=O) groups excluding carboxylic acids is 1. The van der Waals surface area contributed by atoms with Gasteiger partial charge in [0.05, 0.1) is 25.4 Å². The number of imidazole rings is 1. The molecule has 3 aromatic rings. The second kappa shape index (κ2) is 5.94. The molecule has 0 aliphatic carbocycles. The van der Waals surface area contributed by atoms with Crippen molar-refractivity contribution < 1.29 is 4.79 Å². The van der Waals surface area contributed by atoms with E-state index < -0.39 is 0 Å². The number of halogens is 1. The minimum Gasteiger partial charge on any atom is -0.322 e.